The molecule has 7 heteroatoms. The number of benzene rings is 1. The largest absolute Gasteiger partial charge is 0.293 e. The summed E-state index contributed by atoms with van der Waals surface area (Å²) in [6, 6.07) is 6.43. The molecule has 21 heavy (non-hydrogen) atoms. The number of carbonyl (C=O) groups excluding carboxylic acids is 1. The molecule has 0 saturated carbocycles. The molecular weight excluding hydrogens is 308 g/mol. The highest BCUT2D eigenvalue weighted by Crippen LogP contribution is 2.30. The van der Waals surface area contributed by atoms with Crippen LogP contribution in [0.25, 0.3) is 6.08 Å². The fourth-order valence-electron chi connectivity index (χ4n) is 1.82. The number of nitrogens with zero attached hydrogens (tertiary/aromatic N) is 2. The molecule has 1 heterocycles. The van der Waals surface area contributed by atoms with Crippen LogP contribution in [0.15, 0.2) is 41.3 Å². The summed E-state index contributed by atoms with van der Waals surface area (Å²) in [4.78, 5) is 24.5. The van der Waals surface area contributed by atoms with Gasteiger partial charge < -0.3 is 0 Å². The number of carbonyl (C=O) groups is 1. The molecule has 0 bridgehead atoms. The average molecular weight is 320 g/mol. The topological polar surface area (TPSA) is 63.5 Å². The summed E-state index contributed by atoms with van der Waals surface area (Å²) < 4.78 is 0.535. The lowest BCUT2D eigenvalue weighted by Gasteiger charge is -2.09. The standard InChI is InChI=1S/C14H12N2O3S2/c1-2-15-13(17)12(21-14(15)20)9-5-7-10-6-3-4-8-11(10)16(18)19/h3-9H,2H2,1H3. The highest BCUT2D eigenvalue weighted by atomic mass is 32.2. The van der Waals surface area contributed by atoms with Crippen LogP contribution in [0.2, 0.25) is 0 Å². The van der Waals surface area contributed by atoms with Gasteiger partial charge in [0, 0.05) is 12.6 Å². The lowest BCUT2D eigenvalue weighted by Crippen LogP contribution is -2.27. The number of allylic oxidation sites excluding steroid dienone is 2. The van der Waals surface area contributed by atoms with Crippen LogP contribution in [0.1, 0.15) is 12.5 Å². The summed E-state index contributed by atoms with van der Waals surface area (Å²) in [7, 11) is 0. The number of thioether (sulfide) groups is 1. The quantitative estimate of drug-likeness (QED) is 0.368. The fourth-order valence-corrected chi connectivity index (χ4v) is 3.16. The minimum absolute atomic E-state index is 0.0308. The number of thiocarbonyl (C=S) groups is 1. The Hall–Kier alpha value is -1.99. The number of nitro benzene ring substituents is 1. The molecule has 1 aromatic rings. The monoisotopic (exact) mass is 320 g/mol. The van der Waals surface area contributed by atoms with Gasteiger partial charge in [-0.2, -0.15) is 0 Å². The molecule has 108 valence electrons. The number of amides is 1. The zero-order valence-corrected chi connectivity index (χ0v) is 12.8. The van der Waals surface area contributed by atoms with E-state index in [9.17, 15) is 14.9 Å². The molecule has 5 nitrogen and oxygen atoms in total. The van der Waals surface area contributed by atoms with Crippen molar-refractivity contribution in [2.75, 3.05) is 6.54 Å². The molecule has 0 atom stereocenters. The zero-order valence-electron chi connectivity index (χ0n) is 11.2. The molecule has 1 fully saturated rings. The molecule has 0 aromatic heterocycles. The highest BCUT2D eigenvalue weighted by Gasteiger charge is 2.29. The van der Waals surface area contributed by atoms with Crippen molar-refractivity contribution in [3.05, 3.63) is 57.0 Å². The van der Waals surface area contributed by atoms with Gasteiger partial charge in [-0.25, -0.2) is 0 Å². The first kappa shape index (κ1) is 15.4. The van der Waals surface area contributed by atoms with Crippen molar-refractivity contribution in [3.8, 4) is 0 Å². The van der Waals surface area contributed by atoms with Gasteiger partial charge in [0.25, 0.3) is 11.6 Å². The fraction of sp³-hybridized carbons (Fsp3) is 0.143. The van der Waals surface area contributed by atoms with Gasteiger partial charge in [-0.05, 0) is 25.1 Å². The van der Waals surface area contributed by atoms with Gasteiger partial charge in [-0.15, -0.1) is 0 Å². The first-order valence-electron chi connectivity index (χ1n) is 6.20. The maximum Gasteiger partial charge on any atom is 0.276 e. The number of nitro groups is 1. The third-order valence-corrected chi connectivity index (χ3v) is 4.24. The first-order chi connectivity index (χ1) is 10.0. The summed E-state index contributed by atoms with van der Waals surface area (Å²) in [5, 5.41) is 10.9. The molecule has 1 aliphatic heterocycles. The van der Waals surface area contributed by atoms with Crippen molar-refractivity contribution >= 4 is 46.0 Å². The van der Waals surface area contributed by atoms with Crippen LogP contribution in [0, 0.1) is 10.1 Å². The summed E-state index contributed by atoms with van der Waals surface area (Å²) in [6.45, 7) is 2.40. The molecule has 0 N–H and O–H groups in total. The van der Waals surface area contributed by atoms with E-state index in [0.717, 1.165) is 0 Å². The van der Waals surface area contributed by atoms with Crippen LogP contribution in [-0.2, 0) is 4.79 Å². The molecule has 2 rings (SSSR count). The number of likely N-dealkylation sites (N-methyl/N-ethyl adjacent to an activating group) is 1. The number of para-hydroxylation sites is 1. The van der Waals surface area contributed by atoms with Crippen LogP contribution in [0.4, 0.5) is 5.69 Å². The molecular formula is C14H12N2O3S2. The van der Waals surface area contributed by atoms with Crippen LogP contribution in [-0.4, -0.2) is 26.6 Å². The predicted molar refractivity (Wildman–Crippen MR) is 87.8 cm³/mol. The second kappa shape index (κ2) is 6.64. The maximum atomic E-state index is 12.0. The van der Waals surface area contributed by atoms with E-state index in [1.54, 1.807) is 36.4 Å². The molecule has 1 amide bonds. The normalized spacial score (nSPS) is 17.2. The first-order valence-corrected chi connectivity index (χ1v) is 7.42. The minimum Gasteiger partial charge on any atom is -0.293 e. The Morgan fingerprint density at radius 2 is 2.14 bits per heavy atom. The highest BCUT2D eigenvalue weighted by molar-refractivity contribution is 8.26. The summed E-state index contributed by atoms with van der Waals surface area (Å²) in [5.41, 5.74) is 0.521. The number of hydrogen-bond donors (Lipinski definition) is 0. The molecule has 0 spiro atoms. The van der Waals surface area contributed by atoms with E-state index in [-0.39, 0.29) is 11.6 Å². The van der Waals surface area contributed by atoms with E-state index >= 15 is 0 Å². The summed E-state index contributed by atoms with van der Waals surface area (Å²) in [6.07, 6.45) is 4.87. The third kappa shape index (κ3) is 3.37. The van der Waals surface area contributed by atoms with Crippen molar-refractivity contribution in [1.29, 1.82) is 0 Å². The van der Waals surface area contributed by atoms with Crippen LogP contribution < -0.4 is 0 Å². The van der Waals surface area contributed by atoms with E-state index in [0.29, 0.717) is 21.3 Å². The van der Waals surface area contributed by atoms with Crippen molar-refractivity contribution in [1.82, 2.24) is 4.90 Å². The van der Waals surface area contributed by atoms with Gasteiger partial charge in [0.05, 0.1) is 15.4 Å². The Morgan fingerprint density at radius 3 is 2.76 bits per heavy atom. The Kier molecular flexibility index (Phi) is 4.87. The molecule has 1 aliphatic rings. The predicted octanol–water partition coefficient (Wildman–Crippen LogP) is 3.37. The second-order valence-electron chi connectivity index (χ2n) is 4.12. The van der Waals surface area contributed by atoms with Crippen molar-refractivity contribution in [2.45, 2.75) is 6.92 Å². The maximum absolute atomic E-state index is 12.0. The molecule has 1 aromatic carbocycles. The van der Waals surface area contributed by atoms with E-state index in [1.807, 2.05) is 6.92 Å². The molecule has 1 saturated heterocycles. The van der Waals surface area contributed by atoms with Gasteiger partial charge in [0.1, 0.15) is 4.32 Å². The second-order valence-corrected chi connectivity index (χ2v) is 5.80. The van der Waals surface area contributed by atoms with Gasteiger partial charge in [0.2, 0.25) is 0 Å². The van der Waals surface area contributed by atoms with E-state index in [2.05, 4.69) is 0 Å². The molecule has 0 unspecified atom stereocenters. The lowest BCUT2D eigenvalue weighted by atomic mass is 10.1. The van der Waals surface area contributed by atoms with Gasteiger partial charge in [-0.1, -0.05) is 42.2 Å². The molecule has 0 aliphatic carbocycles. The van der Waals surface area contributed by atoms with Gasteiger partial charge >= 0.3 is 0 Å². The van der Waals surface area contributed by atoms with E-state index in [4.69, 9.17) is 12.2 Å². The molecule has 0 radical (unpaired) electrons. The van der Waals surface area contributed by atoms with Crippen molar-refractivity contribution < 1.29 is 9.72 Å². The smallest absolute Gasteiger partial charge is 0.276 e. The Labute approximate surface area is 131 Å². The Morgan fingerprint density at radius 1 is 1.43 bits per heavy atom. The Balaban J connectivity index is 2.20. The Bertz CT molecular complexity index is 668. The summed E-state index contributed by atoms with van der Waals surface area (Å²) in [5.74, 6) is -0.125. The van der Waals surface area contributed by atoms with Gasteiger partial charge in [0.15, 0.2) is 0 Å². The third-order valence-electron chi connectivity index (χ3n) is 2.85. The number of hydrogen-bond acceptors (Lipinski definition) is 5. The SMILES string of the molecule is CCN1C(=O)C(=CC=Cc2ccccc2[N+](=O)[O-])SC1=S. The van der Waals surface area contributed by atoms with Crippen molar-refractivity contribution in [2.24, 2.45) is 0 Å². The zero-order chi connectivity index (χ0) is 15.4. The minimum atomic E-state index is -0.434. The van der Waals surface area contributed by atoms with Crippen LogP contribution in [0.3, 0.4) is 0 Å². The lowest BCUT2D eigenvalue weighted by molar-refractivity contribution is -0.385. The summed E-state index contributed by atoms with van der Waals surface area (Å²) >= 11 is 6.34. The van der Waals surface area contributed by atoms with Crippen LogP contribution >= 0.6 is 24.0 Å². The van der Waals surface area contributed by atoms with E-state index < -0.39 is 4.92 Å². The van der Waals surface area contributed by atoms with Gasteiger partial charge in [-0.3, -0.25) is 19.8 Å². The number of rotatable bonds is 4. The van der Waals surface area contributed by atoms with Crippen molar-refractivity contribution in [3.63, 3.8) is 0 Å². The van der Waals surface area contributed by atoms with Crippen LogP contribution in [0.5, 0.6) is 0 Å². The average Bonchev–Trinajstić information content (AvgIpc) is 2.73. The van der Waals surface area contributed by atoms with E-state index in [1.165, 1.54) is 22.7 Å².